The van der Waals surface area contributed by atoms with Crippen LogP contribution >= 0.6 is 0 Å². The van der Waals surface area contributed by atoms with Gasteiger partial charge in [0.1, 0.15) is 11.6 Å². The molecule has 6 nitrogen and oxygen atoms in total. The highest BCUT2D eigenvalue weighted by atomic mass is 19.1. The van der Waals surface area contributed by atoms with Crippen molar-refractivity contribution in [3.8, 4) is 0 Å². The second kappa shape index (κ2) is 9.12. The van der Waals surface area contributed by atoms with Crippen molar-refractivity contribution in [2.75, 3.05) is 18.4 Å². The lowest BCUT2D eigenvalue weighted by Gasteiger charge is -2.37. The number of para-hydroxylation sites is 1. The van der Waals surface area contributed by atoms with E-state index in [-0.39, 0.29) is 35.8 Å². The first-order chi connectivity index (χ1) is 14.9. The number of amides is 2. The zero-order valence-corrected chi connectivity index (χ0v) is 18.2. The Balaban J connectivity index is 1.44. The molecule has 31 heavy (non-hydrogen) atoms. The second-order valence-corrected chi connectivity index (χ2v) is 8.69. The fraction of sp³-hybridized carbons (Fsp3) is 0.500. The minimum absolute atomic E-state index is 0.0865. The summed E-state index contributed by atoms with van der Waals surface area (Å²) in [6.45, 7) is 5.24. The molecule has 2 heterocycles. The Hall–Kier alpha value is -2.83. The fourth-order valence-electron chi connectivity index (χ4n) is 4.42. The summed E-state index contributed by atoms with van der Waals surface area (Å²) in [6, 6.07) is 6.10. The minimum Gasteiger partial charge on any atom is -0.342 e. The molecular weight excluding hydrogens is 395 g/mol. The SMILES string of the molecule is Cc1nc([C@H]2CCCN(C(=O)C3CCC3)C2)nc(C)c1CC(=O)Nc1ccccc1F. The van der Waals surface area contributed by atoms with Gasteiger partial charge < -0.3 is 10.2 Å². The van der Waals surface area contributed by atoms with Crippen LogP contribution in [0, 0.1) is 25.6 Å². The number of likely N-dealkylation sites (tertiary alicyclic amines) is 1. The molecule has 0 radical (unpaired) electrons. The number of hydrogen-bond donors (Lipinski definition) is 1. The molecule has 2 amide bonds. The highest BCUT2D eigenvalue weighted by molar-refractivity contribution is 5.92. The number of halogens is 1. The lowest BCUT2D eigenvalue weighted by molar-refractivity contribution is -0.139. The highest BCUT2D eigenvalue weighted by Gasteiger charge is 2.33. The number of aryl methyl sites for hydroxylation is 2. The molecule has 7 heteroatoms. The smallest absolute Gasteiger partial charge is 0.229 e. The summed E-state index contributed by atoms with van der Waals surface area (Å²) in [5.41, 5.74) is 2.44. The van der Waals surface area contributed by atoms with Gasteiger partial charge in [0, 0.05) is 41.9 Å². The van der Waals surface area contributed by atoms with E-state index < -0.39 is 5.82 Å². The fourth-order valence-corrected chi connectivity index (χ4v) is 4.42. The third-order valence-corrected chi connectivity index (χ3v) is 6.48. The monoisotopic (exact) mass is 424 g/mol. The molecule has 0 unspecified atom stereocenters. The van der Waals surface area contributed by atoms with Gasteiger partial charge in [0.2, 0.25) is 11.8 Å². The van der Waals surface area contributed by atoms with Crippen LogP contribution in [0.15, 0.2) is 24.3 Å². The van der Waals surface area contributed by atoms with Crippen molar-refractivity contribution in [2.24, 2.45) is 5.92 Å². The average Bonchev–Trinajstić information content (AvgIpc) is 2.71. The van der Waals surface area contributed by atoms with Gasteiger partial charge in [-0.1, -0.05) is 18.6 Å². The van der Waals surface area contributed by atoms with Gasteiger partial charge in [0.25, 0.3) is 0 Å². The molecule has 1 atom stereocenters. The molecule has 164 valence electrons. The summed E-state index contributed by atoms with van der Waals surface area (Å²) >= 11 is 0. The number of rotatable bonds is 5. The third kappa shape index (κ3) is 4.75. The Kier molecular flexibility index (Phi) is 6.30. The number of benzene rings is 1. The number of carbonyl (C=O) groups excluding carboxylic acids is 2. The number of anilines is 1. The number of nitrogens with zero attached hydrogens (tertiary/aromatic N) is 3. The van der Waals surface area contributed by atoms with E-state index in [9.17, 15) is 14.0 Å². The Bertz CT molecular complexity index is 966. The molecule has 1 saturated heterocycles. The zero-order chi connectivity index (χ0) is 22.0. The first-order valence-corrected chi connectivity index (χ1v) is 11.1. The molecule has 0 spiro atoms. The predicted molar refractivity (Wildman–Crippen MR) is 116 cm³/mol. The summed E-state index contributed by atoms with van der Waals surface area (Å²) < 4.78 is 13.8. The van der Waals surface area contributed by atoms with E-state index in [1.54, 1.807) is 12.1 Å². The van der Waals surface area contributed by atoms with E-state index in [0.29, 0.717) is 6.54 Å². The summed E-state index contributed by atoms with van der Waals surface area (Å²) in [5.74, 6) is 0.594. The Morgan fingerprint density at radius 3 is 2.45 bits per heavy atom. The average molecular weight is 425 g/mol. The minimum atomic E-state index is -0.464. The van der Waals surface area contributed by atoms with Gasteiger partial charge in [-0.15, -0.1) is 0 Å². The van der Waals surface area contributed by atoms with Gasteiger partial charge in [-0.2, -0.15) is 0 Å². The molecule has 1 aromatic heterocycles. The van der Waals surface area contributed by atoms with Crippen molar-refractivity contribution in [2.45, 2.75) is 58.3 Å². The number of aromatic nitrogens is 2. The zero-order valence-electron chi connectivity index (χ0n) is 18.2. The molecule has 1 N–H and O–H groups in total. The van der Waals surface area contributed by atoms with Gasteiger partial charge in [0.15, 0.2) is 0 Å². The molecule has 1 saturated carbocycles. The van der Waals surface area contributed by atoms with Crippen molar-refractivity contribution in [1.82, 2.24) is 14.9 Å². The van der Waals surface area contributed by atoms with Crippen molar-refractivity contribution >= 4 is 17.5 Å². The van der Waals surface area contributed by atoms with Crippen LogP contribution in [0.2, 0.25) is 0 Å². The van der Waals surface area contributed by atoms with E-state index in [2.05, 4.69) is 5.32 Å². The molecule has 2 fully saturated rings. The topological polar surface area (TPSA) is 75.2 Å². The van der Waals surface area contributed by atoms with E-state index >= 15 is 0 Å². The van der Waals surface area contributed by atoms with Crippen LogP contribution in [-0.2, 0) is 16.0 Å². The van der Waals surface area contributed by atoms with E-state index in [4.69, 9.17) is 9.97 Å². The van der Waals surface area contributed by atoms with Crippen molar-refractivity contribution in [3.63, 3.8) is 0 Å². The number of hydrogen-bond acceptors (Lipinski definition) is 4. The van der Waals surface area contributed by atoms with Crippen molar-refractivity contribution in [3.05, 3.63) is 52.9 Å². The normalized spacial score (nSPS) is 19.1. The third-order valence-electron chi connectivity index (χ3n) is 6.48. The van der Waals surface area contributed by atoms with Crippen LogP contribution in [0.25, 0.3) is 0 Å². The summed E-state index contributed by atoms with van der Waals surface area (Å²) in [4.78, 5) is 36.5. The van der Waals surface area contributed by atoms with E-state index in [1.807, 2.05) is 18.7 Å². The molecule has 1 aliphatic carbocycles. The van der Waals surface area contributed by atoms with Gasteiger partial charge in [0.05, 0.1) is 12.1 Å². The van der Waals surface area contributed by atoms with Crippen LogP contribution in [0.5, 0.6) is 0 Å². The van der Waals surface area contributed by atoms with E-state index in [0.717, 1.165) is 61.4 Å². The summed E-state index contributed by atoms with van der Waals surface area (Å²) in [7, 11) is 0. The Labute approximate surface area is 182 Å². The van der Waals surface area contributed by atoms with Gasteiger partial charge in [-0.25, -0.2) is 14.4 Å². The highest BCUT2D eigenvalue weighted by Crippen LogP contribution is 2.32. The molecule has 4 rings (SSSR count). The van der Waals surface area contributed by atoms with Crippen molar-refractivity contribution in [1.29, 1.82) is 0 Å². The molecular formula is C24H29FN4O2. The molecule has 2 aliphatic rings. The maximum Gasteiger partial charge on any atom is 0.229 e. The lowest BCUT2D eigenvalue weighted by atomic mass is 9.83. The maximum absolute atomic E-state index is 13.8. The van der Waals surface area contributed by atoms with Crippen LogP contribution < -0.4 is 5.32 Å². The Morgan fingerprint density at radius 1 is 1.10 bits per heavy atom. The largest absolute Gasteiger partial charge is 0.342 e. The summed E-state index contributed by atoms with van der Waals surface area (Å²) in [5, 5.41) is 2.62. The number of carbonyl (C=O) groups is 2. The first kappa shape index (κ1) is 21.4. The predicted octanol–water partition coefficient (Wildman–Crippen LogP) is 3.92. The molecule has 0 bridgehead atoms. The standard InChI is InChI=1S/C24H29FN4O2/c1-15-19(13-22(30)28-21-11-4-3-10-20(21)25)16(2)27-23(26-15)18-9-6-12-29(14-18)24(31)17-7-5-8-17/h3-4,10-11,17-18H,5-9,12-14H2,1-2H3,(H,28,30)/t18-/m0/s1. The Morgan fingerprint density at radius 2 is 1.81 bits per heavy atom. The van der Waals surface area contributed by atoms with Gasteiger partial charge >= 0.3 is 0 Å². The molecule has 2 aromatic rings. The summed E-state index contributed by atoms with van der Waals surface area (Å²) in [6.07, 6.45) is 5.18. The van der Waals surface area contributed by atoms with Crippen molar-refractivity contribution < 1.29 is 14.0 Å². The van der Waals surface area contributed by atoms with Gasteiger partial charge in [-0.05, 0) is 51.7 Å². The molecule has 1 aliphatic heterocycles. The van der Waals surface area contributed by atoms with Crippen LogP contribution in [0.1, 0.15) is 60.8 Å². The maximum atomic E-state index is 13.8. The van der Waals surface area contributed by atoms with Crippen LogP contribution in [0.3, 0.4) is 0 Å². The number of piperidine rings is 1. The molecule has 1 aromatic carbocycles. The number of nitrogens with one attached hydrogen (secondary N) is 1. The lowest BCUT2D eigenvalue weighted by Crippen LogP contribution is -2.44. The van der Waals surface area contributed by atoms with E-state index in [1.165, 1.54) is 12.1 Å². The second-order valence-electron chi connectivity index (χ2n) is 8.69. The van der Waals surface area contributed by atoms with Crippen LogP contribution in [0.4, 0.5) is 10.1 Å². The van der Waals surface area contributed by atoms with Gasteiger partial charge in [-0.3, -0.25) is 9.59 Å². The quantitative estimate of drug-likeness (QED) is 0.789. The van der Waals surface area contributed by atoms with Crippen LogP contribution in [-0.4, -0.2) is 39.8 Å². The first-order valence-electron chi connectivity index (χ1n) is 11.1.